The zero-order valence-corrected chi connectivity index (χ0v) is 21.2. The van der Waals surface area contributed by atoms with Crippen LogP contribution in [-0.2, 0) is 48.2 Å². The Morgan fingerprint density at radius 3 is 2.81 bits per heavy atom. The van der Waals surface area contributed by atoms with Gasteiger partial charge in [0, 0.05) is 43.6 Å². The van der Waals surface area contributed by atoms with Crippen LogP contribution in [0.1, 0.15) is 30.3 Å². The van der Waals surface area contributed by atoms with E-state index in [0.717, 1.165) is 0 Å². The largest absolute Gasteiger partial charge is 0.456 e. The third-order valence-electron chi connectivity index (χ3n) is 5.88. The molecule has 36 heavy (non-hydrogen) atoms. The van der Waals surface area contributed by atoms with Gasteiger partial charge in [0.25, 0.3) is 12.0 Å². The highest BCUT2D eigenvalue weighted by molar-refractivity contribution is 9.10. The van der Waals surface area contributed by atoms with Crippen LogP contribution < -0.4 is 0 Å². The molecule has 12 nitrogen and oxygen atoms in total. The molecule has 188 valence electrons. The average molecular weight is 579 g/mol. The van der Waals surface area contributed by atoms with E-state index in [-0.39, 0.29) is 35.7 Å². The number of halogens is 1. The molecular weight excluding hydrogens is 560 g/mol. The Bertz CT molecular complexity index is 1300. The number of esters is 2. The van der Waals surface area contributed by atoms with Crippen LogP contribution in [-0.4, -0.2) is 53.5 Å². The quantitative estimate of drug-likeness (QED) is 0.158. The number of fused-ring (bicyclic) bond motifs is 2. The molecule has 1 saturated heterocycles. The van der Waals surface area contributed by atoms with Gasteiger partial charge in [0.05, 0.1) is 17.2 Å². The summed E-state index contributed by atoms with van der Waals surface area (Å²) >= 11 is 4.90. The van der Waals surface area contributed by atoms with Crippen molar-refractivity contribution in [1.29, 1.82) is 0 Å². The fourth-order valence-corrected chi connectivity index (χ4v) is 6.36. The summed E-state index contributed by atoms with van der Waals surface area (Å²) in [5.74, 6) is -0.986. The van der Waals surface area contributed by atoms with Crippen molar-refractivity contribution in [3.05, 3.63) is 68.8 Å². The van der Waals surface area contributed by atoms with Gasteiger partial charge in [-0.15, -0.1) is 11.8 Å². The lowest BCUT2D eigenvalue weighted by Gasteiger charge is -2.48. The van der Waals surface area contributed by atoms with Crippen LogP contribution in [0.2, 0.25) is 0 Å². The number of nitro groups is 1. The van der Waals surface area contributed by atoms with E-state index < -0.39 is 27.5 Å². The molecular formula is C22H19BrN4O8S. The van der Waals surface area contributed by atoms with Crippen molar-refractivity contribution >= 4 is 51.2 Å². The zero-order valence-electron chi connectivity index (χ0n) is 18.8. The van der Waals surface area contributed by atoms with Gasteiger partial charge in [0.1, 0.15) is 22.0 Å². The maximum absolute atomic E-state index is 13.1. The van der Waals surface area contributed by atoms with Gasteiger partial charge in [-0.3, -0.25) is 24.6 Å². The van der Waals surface area contributed by atoms with Crippen molar-refractivity contribution in [2.75, 3.05) is 6.61 Å². The number of aromatic nitrogens is 2. The number of nitrogens with zero attached hydrogens (tertiary/aromatic N) is 4. The zero-order chi connectivity index (χ0) is 25.6. The number of benzene rings is 1. The highest BCUT2D eigenvalue weighted by atomic mass is 79.9. The third kappa shape index (κ3) is 4.29. The van der Waals surface area contributed by atoms with Crippen LogP contribution in [0.15, 0.2) is 41.6 Å². The fourth-order valence-electron chi connectivity index (χ4n) is 4.16. The number of hydrogen-bond donors (Lipinski definition) is 0. The predicted octanol–water partition coefficient (Wildman–Crippen LogP) is 2.56. The highest BCUT2D eigenvalue weighted by Gasteiger charge is 2.64. The first-order chi connectivity index (χ1) is 17.2. The number of carbonyl (C=O) groups excluding carboxylic acids is 3. The second-order valence-electron chi connectivity index (χ2n) is 8.30. The normalized spacial score (nSPS) is 24.3. The van der Waals surface area contributed by atoms with Crippen molar-refractivity contribution in [3.8, 4) is 0 Å². The average Bonchev–Trinajstić information content (AvgIpc) is 3.45. The Hall–Kier alpha value is -3.23. The lowest BCUT2D eigenvalue weighted by Crippen LogP contribution is -2.68. The number of thioether (sulfide) groups is 1. The first kappa shape index (κ1) is 24.5. The Labute approximate surface area is 216 Å². The van der Waals surface area contributed by atoms with Crippen LogP contribution in [0, 0.1) is 10.1 Å². The number of rotatable bonds is 7. The van der Waals surface area contributed by atoms with Crippen molar-refractivity contribution in [1.82, 2.24) is 14.5 Å². The van der Waals surface area contributed by atoms with Gasteiger partial charge >= 0.3 is 11.9 Å². The molecule has 0 N–H and O–H groups in total. The molecule has 0 saturated carbocycles. The molecule has 4 heterocycles. The molecule has 1 fully saturated rings. The summed E-state index contributed by atoms with van der Waals surface area (Å²) in [5, 5.41) is 12.0. The molecule has 1 aromatic carbocycles. The lowest BCUT2D eigenvalue weighted by atomic mass is 9.92. The van der Waals surface area contributed by atoms with Crippen LogP contribution in [0.4, 0.5) is 5.69 Å². The molecule has 5 rings (SSSR count). The van der Waals surface area contributed by atoms with Gasteiger partial charge in [-0.1, -0.05) is 15.9 Å². The molecule has 3 atom stereocenters. The second kappa shape index (κ2) is 9.33. The van der Waals surface area contributed by atoms with E-state index in [1.165, 1.54) is 47.9 Å². The van der Waals surface area contributed by atoms with Crippen molar-refractivity contribution < 1.29 is 33.5 Å². The minimum atomic E-state index is -0.975. The summed E-state index contributed by atoms with van der Waals surface area (Å²) in [7, 11) is 0. The maximum atomic E-state index is 13.1. The third-order valence-corrected chi connectivity index (χ3v) is 8.46. The van der Waals surface area contributed by atoms with Crippen LogP contribution in [0.25, 0.3) is 0 Å². The minimum Gasteiger partial charge on any atom is -0.456 e. The molecule has 0 bridgehead atoms. The first-order valence-electron chi connectivity index (χ1n) is 10.8. The Balaban J connectivity index is 1.22. The number of amides is 1. The van der Waals surface area contributed by atoms with Gasteiger partial charge in [0.15, 0.2) is 5.82 Å². The molecule has 3 aliphatic rings. The molecule has 14 heteroatoms. The van der Waals surface area contributed by atoms with E-state index in [0.29, 0.717) is 30.2 Å². The Kier molecular flexibility index (Phi) is 6.34. The molecule has 3 aliphatic heterocycles. The van der Waals surface area contributed by atoms with E-state index in [2.05, 4.69) is 20.9 Å². The van der Waals surface area contributed by atoms with Crippen molar-refractivity contribution in [2.45, 2.75) is 42.5 Å². The molecule has 2 aromatic rings. The predicted molar refractivity (Wildman–Crippen MR) is 127 cm³/mol. The molecule has 1 aromatic heterocycles. The molecule has 0 aliphatic carbocycles. The maximum Gasteiger partial charge on any atom is 0.355 e. The number of imidazole rings is 1. The highest BCUT2D eigenvalue weighted by Crippen LogP contribution is 2.53. The number of hydrogen-bond acceptors (Lipinski definition) is 10. The minimum absolute atomic E-state index is 0.0596. The second-order valence-corrected chi connectivity index (χ2v) is 10.7. The summed E-state index contributed by atoms with van der Waals surface area (Å²) in [5.41, 5.74) is 1.28. The van der Waals surface area contributed by atoms with Crippen molar-refractivity contribution in [2.24, 2.45) is 0 Å². The number of nitro benzene ring substituents is 1. The lowest BCUT2D eigenvalue weighted by molar-refractivity contribution is -0.384. The SMILES string of the molecule is CC(=O)OC1OCCn2cc(CC3(Br)C(=O)N4C(C(=O)OCc5ccc([N+](=O)[O-])cc5)=CS[C@@H]43)nc21. The molecule has 2 unspecified atom stereocenters. The number of ether oxygens (including phenoxy) is 3. The Morgan fingerprint density at radius 1 is 1.36 bits per heavy atom. The van der Waals surface area contributed by atoms with E-state index in [1.54, 1.807) is 11.6 Å². The standard InChI is InChI=1S/C22H19BrN4O8S/c1-12(28)35-19-17-24-14(9-25(17)6-7-33-19)8-22(23)20(30)26-16(11-36-21(22)26)18(29)34-10-13-2-4-15(5-3-13)27(31)32/h2-5,9,11,19,21H,6-8,10H2,1H3/t19?,21-,22?/m1/s1. The van der Waals surface area contributed by atoms with E-state index >= 15 is 0 Å². The smallest absolute Gasteiger partial charge is 0.355 e. The summed E-state index contributed by atoms with van der Waals surface area (Å²) in [6, 6.07) is 5.67. The monoisotopic (exact) mass is 578 g/mol. The molecule has 0 spiro atoms. The Morgan fingerprint density at radius 2 is 2.11 bits per heavy atom. The van der Waals surface area contributed by atoms with Crippen molar-refractivity contribution in [3.63, 3.8) is 0 Å². The summed E-state index contributed by atoms with van der Waals surface area (Å²) < 4.78 is 16.9. The van der Waals surface area contributed by atoms with E-state index in [1.807, 2.05) is 4.57 Å². The number of non-ortho nitro benzene ring substituents is 1. The number of β-lactam (4-membered cyclic amide) rings is 1. The first-order valence-corrected chi connectivity index (χ1v) is 12.5. The van der Waals surface area contributed by atoms with E-state index in [4.69, 9.17) is 14.2 Å². The van der Waals surface area contributed by atoms with Crippen LogP contribution >= 0.6 is 27.7 Å². The van der Waals surface area contributed by atoms with Gasteiger partial charge in [-0.25, -0.2) is 9.78 Å². The number of carbonyl (C=O) groups is 3. The summed E-state index contributed by atoms with van der Waals surface area (Å²) in [6.07, 6.45) is 1.16. The summed E-state index contributed by atoms with van der Waals surface area (Å²) in [4.78, 5) is 53.3. The van der Waals surface area contributed by atoms with Gasteiger partial charge in [0.2, 0.25) is 5.91 Å². The van der Waals surface area contributed by atoms with Gasteiger partial charge < -0.3 is 18.8 Å². The fraction of sp³-hybridized carbons (Fsp3) is 0.364. The van der Waals surface area contributed by atoms with Gasteiger partial charge in [-0.2, -0.15) is 0 Å². The molecule has 0 radical (unpaired) electrons. The van der Waals surface area contributed by atoms with Crippen LogP contribution in [0.3, 0.4) is 0 Å². The molecule has 1 amide bonds. The topological polar surface area (TPSA) is 143 Å². The van der Waals surface area contributed by atoms with Crippen LogP contribution in [0.5, 0.6) is 0 Å². The number of alkyl halides is 1. The summed E-state index contributed by atoms with van der Waals surface area (Å²) in [6.45, 7) is 2.11. The van der Waals surface area contributed by atoms with E-state index in [9.17, 15) is 24.5 Å². The van der Waals surface area contributed by atoms with Gasteiger partial charge in [-0.05, 0) is 17.7 Å².